The zero-order valence-electron chi connectivity index (χ0n) is 9.27. The summed E-state index contributed by atoms with van der Waals surface area (Å²) in [6.45, 7) is 3.97. The number of nitrogens with zero attached hydrogens (tertiary/aromatic N) is 2. The first kappa shape index (κ1) is 10.9. The van der Waals surface area contributed by atoms with E-state index in [1.165, 1.54) is 0 Å². The molecule has 4 nitrogen and oxygen atoms in total. The lowest BCUT2D eigenvalue weighted by molar-refractivity contribution is 0.833. The summed E-state index contributed by atoms with van der Waals surface area (Å²) in [4.78, 5) is 8.43. The van der Waals surface area contributed by atoms with E-state index in [1.54, 1.807) is 11.3 Å². The first-order chi connectivity index (χ1) is 7.65. The van der Waals surface area contributed by atoms with Crippen LogP contribution in [0.15, 0.2) is 28.7 Å². The molecule has 0 radical (unpaired) electrons. The molecule has 0 atom stereocenters. The van der Waals surface area contributed by atoms with Crippen molar-refractivity contribution >= 4 is 33.2 Å². The van der Waals surface area contributed by atoms with Crippen LogP contribution in [0.25, 0.3) is 10.2 Å². The van der Waals surface area contributed by atoms with Crippen LogP contribution in [-0.2, 0) is 0 Å². The SMILES string of the molecule is CC(C)N=C(N)Nc1ccc2ncsc2c1. The molecule has 16 heavy (non-hydrogen) atoms. The Labute approximate surface area is 98.2 Å². The molecular formula is C11H14N4S. The van der Waals surface area contributed by atoms with Crippen molar-refractivity contribution in [3.05, 3.63) is 23.7 Å². The van der Waals surface area contributed by atoms with E-state index in [1.807, 2.05) is 37.6 Å². The molecule has 2 aromatic rings. The fourth-order valence-corrected chi connectivity index (χ4v) is 2.11. The Hall–Kier alpha value is -1.62. The molecule has 0 aliphatic rings. The van der Waals surface area contributed by atoms with Crippen molar-refractivity contribution in [2.24, 2.45) is 10.7 Å². The van der Waals surface area contributed by atoms with E-state index < -0.39 is 0 Å². The largest absolute Gasteiger partial charge is 0.370 e. The highest BCUT2D eigenvalue weighted by Crippen LogP contribution is 2.21. The minimum atomic E-state index is 0.194. The highest BCUT2D eigenvalue weighted by molar-refractivity contribution is 7.16. The Balaban J connectivity index is 2.21. The second-order valence-corrected chi connectivity index (χ2v) is 4.65. The van der Waals surface area contributed by atoms with Crippen molar-refractivity contribution in [2.45, 2.75) is 19.9 Å². The van der Waals surface area contributed by atoms with E-state index in [0.29, 0.717) is 5.96 Å². The number of hydrogen-bond acceptors (Lipinski definition) is 3. The normalized spacial score (nSPS) is 12.3. The van der Waals surface area contributed by atoms with Gasteiger partial charge in [0, 0.05) is 11.7 Å². The molecule has 1 aromatic heterocycles. The summed E-state index contributed by atoms with van der Waals surface area (Å²) >= 11 is 1.61. The third kappa shape index (κ3) is 2.49. The van der Waals surface area contributed by atoms with Crippen LogP contribution in [0, 0.1) is 0 Å². The average molecular weight is 234 g/mol. The van der Waals surface area contributed by atoms with Gasteiger partial charge in [-0.05, 0) is 32.0 Å². The van der Waals surface area contributed by atoms with Gasteiger partial charge in [0.25, 0.3) is 0 Å². The lowest BCUT2D eigenvalue weighted by Gasteiger charge is -2.06. The first-order valence-electron chi connectivity index (χ1n) is 5.08. The summed E-state index contributed by atoms with van der Waals surface area (Å²) in [5.74, 6) is 0.443. The van der Waals surface area contributed by atoms with Crippen molar-refractivity contribution in [2.75, 3.05) is 5.32 Å². The number of aromatic nitrogens is 1. The Kier molecular flexibility index (Phi) is 3.05. The van der Waals surface area contributed by atoms with E-state index in [2.05, 4.69) is 15.3 Å². The van der Waals surface area contributed by atoms with Crippen molar-refractivity contribution in [1.29, 1.82) is 0 Å². The topological polar surface area (TPSA) is 63.3 Å². The number of rotatable bonds is 2. The van der Waals surface area contributed by atoms with E-state index in [-0.39, 0.29) is 6.04 Å². The van der Waals surface area contributed by atoms with Gasteiger partial charge in [0.2, 0.25) is 0 Å². The third-order valence-corrected chi connectivity index (χ3v) is 2.79. The van der Waals surface area contributed by atoms with Crippen molar-refractivity contribution in [3.63, 3.8) is 0 Å². The van der Waals surface area contributed by atoms with Gasteiger partial charge in [0.05, 0.1) is 15.7 Å². The van der Waals surface area contributed by atoms with Crippen LogP contribution >= 0.6 is 11.3 Å². The van der Waals surface area contributed by atoms with Crippen LogP contribution in [0.3, 0.4) is 0 Å². The number of anilines is 1. The maximum atomic E-state index is 5.75. The molecule has 1 heterocycles. The van der Waals surface area contributed by atoms with Gasteiger partial charge in [-0.3, -0.25) is 4.99 Å². The molecule has 0 saturated heterocycles. The Bertz CT molecular complexity index is 515. The first-order valence-corrected chi connectivity index (χ1v) is 5.96. The molecule has 5 heteroatoms. The second-order valence-electron chi connectivity index (χ2n) is 3.77. The van der Waals surface area contributed by atoms with Gasteiger partial charge in [0.1, 0.15) is 0 Å². The van der Waals surface area contributed by atoms with Crippen LogP contribution in [0.5, 0.6) is 0 Å². The molecule has 0 fully saturated rings. The van der Waals surface area contributed by atoms with Crippen molar-refractivity contribution in [1.82, 2.24) is 4.98 Å². The number of benzene rings is 1. The number of nitrogens with two attached hydrogens (primary N) is 1. The molecular weight excluding hydrogens is 220 g/mol. The minimum Gasteiger partial charge on any atom is -0.370 e. The number of hydrogen-bond donors (Lipinski definition) is 2. The van der Waals surface area contributed by atoms with Gasteiger partial charge in [-0.2, -0.15) is 0 Å². The highest BCUT2D eigenvalue weighted by atomic mass is 32.1. The number of fused-ring (bicyclic) bond motifs is 1. The average Bonchev–Trinajstić information content (AvgIpc) is 2.63. The number of nitrogens with one attached hydrogen (secondary N) is 1. The second kappa shape index (κ2) is 4.49. The van der Waals surface area contributed by atoms with Crippen molar-refractivity contribution < 1.29 is 0 Å². The minimum absolute atomic E-state index is 0.194. The summed E-state index contributed by atoms with van der Waals surface area (Å²) in [5.41, 5.74) is 9.54. The maximum absolute atomic E-state index is 5.75. The van der Waals surface area contributed by atoms with Gasteiger partial charge in [-0.1, -0.05) is 0 Å². The number of thiazole rings is 1. The fourth-order valence-electron chi connectivity index (χ4n) is 1.39. The van der Waals surface area contributed by atoms with Crippen LogP contribution in [-0.4, -0.2) is 17.0 Å². The monoisotopic (exact) mass is 234 g/mol. The van der Waals surface area contributed by atoms with Crippen LogP contribution in [0.1, 0.15) is 13.8 Å². The molecule has 0 spiro atoms. The maximum Gasteiger partial charge on any atom is 0.193 e. The quantitative estimate of drug-likeness (QED) is 0.619. The Morgan fingerprint density at radius 1 is 1.50 bits per heavy atom. The van der Waals surface area contributed by atoms with Gasteiger partial charge in [0.15, 0.2) is 5.96 Å². The molecule has 3 N–H and O–H groups in total. The molecule has 84 valence electrons. The van der Waals surface area contributed by atoms with Gasteiger partial charge in [-0.25, -0.2) is 4.98 Å². The number of aliphatic imine (C=N–C) groups is 1. The Morgan fingerprint density at radius 2 is 2.31 bits per heavy atom. The lowest BCUT2D eigenvalue weighted by Crippen LogP contribution is -2.23. The summed E-state index contributed by atoms with van der Waals surface area (Å²) < 4.78 is 1.14. The molecule has 0 unspecified atom stereocenters. The molecule has 0 aliphatic heterocycles. The highest BCUT2D eigenvalue weighted by Gasteiger charge is 2.00. The van der Waals surface area contributed by atoms with Gasteiger partial charge < -0.3 is 11.1 Å². The van der Waals surface area contributed by atoms with E-state index in [4.69, 9.17) is 5.73 Å². The van der Waals surface area contributed by atoms with E-state index >= 15 is 0 Å². The smallest absolute Gasteiger partial charge is 0.193 e. The summed E-state index contributed by atoms with van der Waals surface area (Å²) in [6.07, 6.45) is 0. The standard InChI is InChI=1S/C11H14N4S/c1-7(2)14-11(12)15-8-3-4-9-10(5-8)16-6-13-9/h3-7H,1-2H3,(H3,12,14,15). The molecule has 0 aliphatic carbocycles. The summed E-state index contributed by atoms with van der Waals surface area (Å²) in [5, 5.41) is 3.06. The van der Waals surface area contributed by atoms with Crippen molar-refractivity contribution in [3.8, 4) is 0 Å². The van der Waals surface area contributed by atoms with Crippen LogP contribution in [0.4, 0.5) is 5.69 Å². The van der Waals surface area contributed by atoms with Gasteiger partial charge in [-0.15, -0.1) is 11.3 Å². The third-order valence-electron chi connectivity index (χ3n) is 2.00. The molecule has 0 bridgehead atoms. The fraction of sp³-hybridized carbons (Fsp3) is 0.273. The molecule has 2 rings (SSSR count). The number of guanidine groups is 1. The molecule has 0 saturated carbocycles. The van der Waals surface area contributed by atoms with Crippen LogP contribution in [0.2, 0.25) is 0 Å². The molecule has 1 aromatic carbocycles. The van der Waals surface area contributed by atoms with Crippen LogP contribution < -0.4 is 11.1 Å². The zero-order valence-corrected chi connectivity index (χ0v) is 10.1. The summed E-state index contributed by atoms with van der Waals surface area (Å²) in [7, 11) is 0. The molecule has 0 amide bonds. The predicted octanol–water partition coefficient (Wildman–Crippen LogP) is 2.43. The lowest BCUT2D eigenvalue weighted by atomic mass is 10.3. The predicted molar refractivity (Wildman–Crippen MR) is 70.0 cm³/mol. The summed E-state index contributed by atoms with van der Waals surface area (Å²) in [6, 6.07) is 6.14. The van der Waals surface area contributed by atoms with E-state index in [0.717, 1.165) is 15.9 Å². The van der Waals surface area contributed by atoms with E-state index in [9.17, 15) is 0 Å². The van der Waals surface area contributed by atoms with Gasteiger partial charge >= 0.3 is 0 Å². The Morgan fingerprint density at radius 3 is 3.06 bits per heavy atom. The zero-order chi connectivity index (χ0) is 11.5.